The number of halogens is 1. The second kappa shape index (κ2) is 10.4. The highest BCUT2D eigenvalue weighted by molar-refractivity contribution is 6.46. The van der Waals surface area contributed by atoms with Gasteiger partial charge in [0.05, 0.1) is 23.3 Å². The largest absolute Gasteiger partial charge is 0.507 e. The Labute approximate surface area is 214 Å². The van der Waals surface area contributed by atoms with Gasteiger partial charge in [-0.2, -0.15) is 0 Å². The predicted octanol–water partition coefficient (Wildman–Crippen LogP) is 5.84. The molecule has 7 heteroatoms. The highest BCUT2D eigenvalue weighted by Gasteiger charge is 2.46. The number of aliphatic hydroxyl groups excluding tert-OH is 1. The molecule has 0 radical (unpaired) electrons. The maximum absolute atomic E-state index is 13.2. The van der Waals surface area contributed by atoms with Crippen molar-refractivity contribution in [2.24, 2.45) is 0 Å². The SMILES string of the molecule is Cc1cccc(C2/C(=C(\O)c3ccc(Cl)cc3)C(=O)C(=O)N2Cc2ccc(C(=O)OC(C)C)cc2)c1. The minimum atomic E-state index is -0.786. The summed E-state index contributed by atoms with van der Waals surface area (Å²) in [5, 5.41) is 11.6. The van der Waals surface area contributed by atoms with Gasteiger partial charge in [-0.05, 0) is 68.3 Å². The lowest BCUT2D eigenvalue weighted by molar-refractivity contribution is -0.140. The van der Waals surface area contributed by atoms with E-state index in [4.69, 9.17) is 16.3 Å². The van der Waals surface area contributed by atoms with Crippen LogP contribution in [-0.4, -0.2) is 33.8 Å². The molecule has 1 fully saturated rings. The third-order valence-electron chi connectivity index (χ3n) is 5.90. The average Bonchev–Trinajstić information content (AvgIpc) is 3.09. The Morgan fingerprint density at radius 2 is 1.64 bits per heavy atom. The number of benzene rings is 3. The maximum atomic E-state index is 13.2. The summed E-state index contributed by atoms with van der Waals surface area (Å²) in [6.07, 6.45) is -0.237. The minimum absolute atomic E-state index is 0.0186. The zero-order valence-corrected chi connectivity index (χ0v) is 21.0. The van der Waals surface area contributed by atoms with Gasteiger partial charge in [0.1, 0.15) is 5.76 Å². The molecule has 1 amide bonds. The van der Waals surface area contributed by atoms with Gasteiger partial charge in [-0.3, -0.25) is 9.59 Å². The van der Waals surface area contributed by atoms with Crippen molar-refractivity contribution in [1.82, 2.24) is 4.90 Å². The van der Waals surface area contributed by atoms with Gasteiger partial charge >= 0.3 is 5.97 Å². The fourth-order valence-electron chi connectivity index (χ4n) is 4.22. The van der Waals surface area contributed by atoms with Gasteiger partial charge in [0.25, 0.3) is 11.7 Å². The molecule has 184 valence electrons. The molecular formula is C29H26ClNO5. The lowest BCUT2D eigenvalue weighted by atomic mass is 9.94. The van der Waals surface area contributed by atoms with Crippen LogP contribution in [0.3, 0.4) is 0 Å². The Balaban J connectivity index is 1.74. The van der Waals surface area contributed by atoms with Crippen LogP contribution < -0.4 is 0 Å². The first-order valence-corrected chi connectivity index (χ1v) is 11.9. The van der Waals surface area contributed by atoms with Gasteiger partial charge < -0.3 is 14.7 Å². The van der Waals surface area contributed by atoms with Crippen molar-refractivity contribution in [1.29, 1.82) is 0 Å². The second-order valence-corrected chi connectivity index (χ2v) is 9.44. The monoisotopic (exact) mass is 503 g/mol. The van der Waals surface area contributed by atoms with Crippen LogP contribution in [0, 0.1) is 6.92 Å². The fraction of sp³-hybridized carbons (Fsp3) is 0.207. The number of amides is 1. The summed E-state index contributed by atoms with van der Waals surface area (Å²) in [6.45, 7) is 5.58. The zero-order valence-electron chi connectivity index (χ0n) is 20.2. The first kappa shape index (κ1) is 25.2. The van der Waals surface area contributed by atoms with E-state index in [1.807, 2.05) is 31.2 Å². The first-order chi connectivity index (χ1) is 17.2. The summed E-state index contributed by atoms with van der Waals surface area (Å²) < 4.78 is 5.23. The van der Waals surface area contributed by atoms with Gasteiger partial charge in [-0.25, -0.2) is 4.79 Å². The fourth-order valence-corrected chi connectivity index (χ4v) is 4.34. The highest BCUT2D eigenvalue weighted by Crippen LogP contribution is 2.40. The van der Waals surface area contributed by atoms with E-state index in [-0.39, 0.29) is 24.0 Å². The summed E-state index contributed by atoms with van der Waals surface area (Å²) in [5.74, 6) is -2.16. The third-order valence-corrected chi connectivity index (χ3v) is 6.15. The van der Waals surface area contributed by atoms with Crippen molar-refractivity contribution >= 4 is 35.0 Å². The number of nitrogens with zero attached hydrogens (tertiary/aromatic N) is 1. The summed E-state index contributed by atoms with van der Waals surface area (Å²) in [6, 6.07) is 19.9. The zero-order chi connectivity index (χ0) is 26.0. The molecular weight excluding hydrogens is 478 g/mol. The van der Waals surface area contributed by atoms with Gasteiger partial charge in [-0.1, -0.05) is 53.6 Å². The van der Waals surface area contributed by atoms with E-state index in [0.29, 0.717) is 21.7 Å². The molecule has 1 aliphatic rings. The molecule has 1 heterocycles. The molecule has 1 N–H and O–H groups in total. The van der Waals surface area contributed by atoms with E-state index >= 15 is 0 Å². The number of ether oxygens (including phenoxy) is 1. The van der Waals surface area contributed by atoms with Crippen LogP contribution in [0.25, 0.3) is 5.76 Å². The molecule has 0 bridgehead atoms. The summed E-state index contributed by atoms with van der Waals surface area (Å²) in [4.78, 5) is 40.0. The van der Waals surface area contributed by atoms with E-state index in [0.717, 1.165) is 11.1 Å². The van der Waals surface area contributed by atoms with Crippen LogP contribution in [0.4, 0.5) is 0 Å². The van der Waals surface area contributed by atoms with Gasteiger partial charge in [-0.15, -0.1) is 0 Å². The standard InChI is InChI=1S/C29H26ClNO5/c1-17(2)36-29(35)21-9-7-19(8-10-21)16-31-25(22-6-4-5-18(3)15-22)24(27(33)28(31)34)26(32)20-11-13-23(30)14-12-20/h4-15,17,25,32H,16H2,1-3H3/b26-24+. The predicted molar refractivity (Wildman–Crippen MR) is 137 cm³/mol. The average molecular weight is 504 g/mol. The van der Waals surface area contributed by atoms with Crippen molar-refractivity contribution in [2.45, 2.75) is 39.5 Å². The topological polar surface area (TPSA) is 83.9 Å². The second-order valence-electron chi connectivity index (χ2n) is 9.00. The van der Waals surface area contributed by atoms with Gasteiger partial charge in [0.15, 0.2) is 0 Å². The molecule has 1 atom stereocenters. The van der Waals surface area contributed by atoms with Crippen LogP contribution in [0.2, 0.25) is 5.02 Å². The summed E-state index contributed by atoms with van der Waals surface area (Å²) in [5.41, 5.74) is 3.20. The van der Waals surface area contributed by atoms with Crippen LogP contribution >= 0.6 is 11.6 Å². The molecule has 1 unspecified atom stereocenters. The van der Waals surface area contributed by atoms with Crippen molar-refractivity contribution in [3.8, 4) is 0 Å². The molecule has 0 saturated carbocycles. The lowest BCUT2D eigenvalue weighted by Gasteiger charge is -2.26. The Kier molecular flexibility index (Phi) is 7.27. The Morgan fingerprint density at radius 1 is 1.00 bits per heavy atom. The van der Waals surface area contributed by atoms with Crippen LogP contribution in [0.15, 0.2) is 78.4 Å². The molecule has 6 nitrogen and oxygen atoms in total. The van der Waals surface area contributed by atoms with Crippen LogP contribution in [0.5, 0.6) is 0 Å². The number of hydrogen-bond acceptors (Lipinski definition) is 5. The summed E-state index contributed by atoms with van der Waals surface area (Å²) >= 11 is 5.98. The van der Waals surface area contributed by atoms with E-state index in [9.17, 15) is 19.5 Å². The normalized spacial score (nSPS) is 17.0. The Morgan fingerprint density at radius 3 is 2.25 bits per heavy atom. The van der Waals surface area contributed by atoms with Gasteiger partial charge in [0, 0.05) is 17.1 Å². The number of carbonyl (C=O) groups excluding carboxylic acids is 3. The molecule has 3 aromatic carbocycles. The van der Waals surface area contributed by atoms with E-state index in [1.54, 1.807) is 62.4 Å². The van der Waals surface area contributed by atoms with Crippen molar-refractivity contribution in [3.05, 3.63) is 111 Å². The number of ketones is 1. The highest BCUT2D eigenvalue weighted by atomic mass is 35.5. The number of esters is 1. The molecule has 1 aliphatic heterocycles. The number of hydrogen-bond donors (Lipinski definition) is 1. The van der Waals surface area contributed by atoms with E-state index in [2.05, 4.69) is 0 Å². The Bertz CT molecular complexity index is 1340. The Hall–Kier alpha value is -3.90. The quantitative estimate of drug-likeness (QED) is 0.198. The van der Waals surface area contributed by atoms with Crippen LogP contribution in [-0.2, 0) is 20.9 Å². The maximum Gasteiger partial charge on any atom is 0.338 e. The first-order valence-electron chi connectivity index (χ1n) is 11.6. The van der Waals surface area contributed by atoms with E-state index < -0.39 is 23.7 Å². The lowest BCUT2D eigenvalue weighted by Crippen LogP contribution is -2.29. The summed E-state index contributed by atoms with van der Waals surface area (Å²) in [7, 11) is 0. The van der Waals surface area contributed by atoms with Crippen LogP contribution in [0.1, 0.15) is 52.5 Å². The number of aryl methyl sites for hydroxylation is 1. The molecule has 0 spiro atoms. The van der Waals surface area contributed by atoms with E-state index in [1.165, 1.54) is 4.90 Å². The number of rotatable bonds is 6. The number of aliphatic hydroxyl groups is 1. The molecule has 0 aromatic heterocycles. The minimum Gasteiger partial charge on any atom is -0.507 e. The molecule has 0 aliphatic carbocycles. The molecule has 3 aromatic rings. The number of Topliss-reactive ketones (excluding diaryl/α,β-unsaturated/α-hetero) is 1. The number of likely N-dealkylation sites (tertiary alicyclic amines) is 1. The van der Waals surface area contributed by atoms with Crippen molar-refractivity contribution in [2.75, 3.05) is 0 Å². The third kappa shape index (κ3) is 5.19. The molecule has 1 saturated heterocycles. The molecule has 36 heavy (non-hydrogen) atoms. The smallest absolute Gasteiger partial charge is 0.338 e. The number of carbonyl (C=O) groups is 3. The van der Waals surface area contributed by atoms with Crippen molar-refractivity contribution in [3.63, 3.8) is 0 Å². The van der Waals surface area contributed by atoms with Crippen molar-refractivity contribution < 1.29 is 24.2 Å². The van der Waals surface area contributed by atoms with Gasteiger partial charge in [0.2, 0.25) is 0 Å². The molecule has 4 rings (SSSR count).